The zero-order valence-corrected chi connectivity index (χ0v) is 11.0. The van der Waals surface area contributed by atoms with Crippen LogP contribution in [0.5, 0.6) is 0 Å². The van der Waals surface area contributed by atoms with Gasteiger partial charge in [0.05, 0.1) is 0 Å². The Labute approximate surface area is 107 Å². The summed E-state index contributed by atoms with van der Waals surface area (Å²) in [6.07, 6.45) is 5.93. The van der Waals surface area contributed by atoms with Crippen LogP contribution in [0.1, 0.15) is 22.2 Å². The van der Waals surface area contributed by atoms with Crippen LogP contribution in [0.15, 0.2) is 36.7 Å². The van der Waals surface area contributed by atoms with Crippen LogP contribution in [0, 0.1) is 0 Å². The standard InChI is InChI=1S/C14H18N2S/c1-2-13-5-6-14(17-13)11-16-9-7-12-4-3-8-15-10-12/h3-6,8,10,16H,2,7,9,11H2,1H3. The van der Waals surface area contributed by atoms with Crippen LogP contribution in [0.2, 0.25) is 0 Å². The number of nitrogens with zero attached hydrogens (tertiary/aromatic N) is 1. The minimum Gasteiger partial charge on any atom is -0.312 e. The second kappa shape index (κ2) is 6.52. The molecule has 2 heterocycles. The molecule has 0 radical (unpaired) electrons. The highest BCUT2D eigenvalue weighted by Gasteiger charge is 1.98. The molecule has 0 atom stereocenters. The average molecular weight is 246 g/mol. The van der Waals surface area contributed by atoms with Crippen molar-refractivity contribution in [2.24, 2.45) is 0 Å². The van der Waals surface area contributed by atoms with Crippen molar-refractivity contribution in [2.75, 3.05) is 6.54 Å². The highest BCUT2D eigenvalue weighted by molar-refractivity contribution is 7.11. The average Bonchev–Trinajstić information content (AvgIpc) is 2.84. The van der Waals surface area contributed by atoms with Crippen molar-refractivity contribution in [1.82, 2.24) is 10.3 Å². The Morgan fingerprint density at radius 2 is 2.12 bits per heavy atom. The van der Waals surface area contributed by atoms with Crippen molar-refractivity contribution >= 4 is 11.3 Å². The number of hydrogen-bond donors (Lipinski definition) is 1. The second-order valence-electron chi connectivity index (χ2n) is 4.01. The quantitative estimate of drug-likeness (QED) is 0.792. The van der Waals surface area contributed by atoms with E-state index in [1.807, 2.05) is 29.8 Å². The molecule has 0 aromatic carbocycles. The summed E-state index contributed by atoms with van der Waals surface area (Å²) < 4.78 is 0. The molecule has 2 rings (SSSR count). The van der Waals surface area contributed by atoms with Gasteiger partial charge in [-0.3, -0.25) is 4.98 Å². The van der Waals surface area contributed by atoms with Crippen LogP contribution in [0.3, 0.4) is 0 Å². The fourth-order valence-electron chi connectivity index (χ4n) is 1.70. The zero-order valence-electron chi connectivity index (χ0n) is 10.1. The van der Waals surface area contributed by atoms with Crippen molar-refractivity contribution in [3.05, 3.63) is 52.0 Å². The summed E-state index contributed by atoms with van der Waals surface area (Å²) in [5.41, 5.74) is 1.29. The second-order valence-corrected chi connectivity index (χ2v) is 5.26. The van der Waals surface area contributed by atoms with Crippen LogP contribution in [-0.4, -0.2) is 11.5 Å². The molecular formula is C14H18N2S. The fourth-order valence-corrected chi connectivity index (χ4v) is 2.63. The Morgan fingerprint density at radius 1 is 1.24 bits per heavy atom. The number of pyridine rings is 1. The molecule has 0 fully saturated rings. The molecule has 0 aliphatic carbocycles. The summed E-state index contributed by atoms with van der Waals surface area (Å²) in [6, 6.07) is 8.56. The lowest BCUT2D eigenvalue weighted by Gasteiger charge is -2.02. The van der Waals surface area contributed by atoms with E-state index < -0.39 is 0 Å². The number of nitrogens with one attached hydrogen (secondary N) is 1. The molecule has 0 unspecified atom stereocenters. The van der Waals surface area contributed by atoms with Crippen LogP contribution in [-0.2, 0) is 19.4 Å². The molecule has 0 saturated heterocycles. The molecular weight excluding hydrogens is 228 g/mol. The fraction of sp³-hybridized carbons (Fsp3) is 0.357. The molecule has 90 valence electrons. The summed E-state index contributed by atoms with van der Waals surface area (Å²) >= 11 is 1.90. The topological polar surface area (TPSA) is 24.9 Å². The van der Waals surface area contributed by atoms with Crippen molar-refractivity contribution in [2.45, 2.75) is 26.3 Å². The summed E-state index contributed by atoms with van der Waals surface area (Å²) in [5.74, 6) is 0. The Kier molecular flexibility index (Phi) is 4.71. The Hall–Kier alpha value is -1.19. The molecule has 2 aromatic rings. The normalized spacial score (nSPS) is 10.6. The summed E-state index contributed by atoms with van der Waals surface area (Å²) in [7, 11) is 0. The minimum atomic E-state index is 0.977. The smallest absolute Gasteiger partial charge is 0.0300 e. The molecule has 1 N–H and O–H groups in total. The maximum Gasteiger partial charge on any atom is 0.0300 e. The lowest BCUT2D eigenvalue weighted by Crippen LogP contribution is -2.15. The molecule has 0 bridgehead atoms. The van der Waals surface area contributed by atoms with Crippen molar-refractivity contribution in [1.29, 1.82) is 0 Å². The Morgan fingerprint density at radius 3 is 2.82 bits per heavy atom. The van der Waals surface area contributed by atoms with Crippen molar-refractivity contribution in [3.63, 3.8) is 0 Å². The molecule has 2 aromatic heterocycles. The summed E-state index contributed by atoms with van der Waals surface area (Å²) in [6.45, 7) is 4.18. The lowest BCUT2D eigenvalue weighted by molar-refractivity contribution is 0.692. The maximum absolute atomic E-state index is 4.11. The van der Waals surface area contributed by atoms with Gasteiger partial charge in [-0.25, -0.2) is 0 Å². The van der Waals surface area contributed by atoms with Gasteiger partial charge < -0.3 is 5.32 Å². The Bertz CT molecular complexity index is 436. The molecule has 0 aliphatic rings. The number of aryl methyl sites for hydroxylation is 1. The molecule has 0 saturated carbocycles. The summed E-state index contributed by atoms with van der Waals surface area (Å²) in [5, 5.41) is 3.47. The molecule has 0 amide bonds. The van der Waals surface area contributed by atoms with E-state index >= 15 is 0 Å². The summed E-state index contributed by atoms with van der Waals surface area (Å²) in [4.78, 5) is 7.00. The van der Waals surface area contributed by atoms with Gasteiger partial charge in [0.2, 0.25) is 0 Å². The van der Waals surface area contributed by atoms with E-state index in [-0.39, 0.29) is 0 Å². The van der Waals surface area contributed by atoms with E-state index in [0.29, 0.717) is 0 Å². The van der Waals surface area contributed by atoms with Gasteiger partial charge in [-0.1, -0.05) is 13.0 Å². The van der Waals surface area contributed by atoms with Gasteiger partial charge in [0.15, 0.2) is 0 Å². The van der Waals surface area contributed by atoms with Gasteiger partial charge in [0.1, 0.15) is 0 Å². The van der Waals surface area contributed by atoms with Crippen LogP contribution < -0.4 is 5.32 Å². The highest BCUT2D eigenvalue weighted by Crippen LogP contribution is 2.16. The number of thiophene rings is 1. The molecule has 2 nitrogen and oxygen atoms in total. The van der Waals surface area contributed by atoms with Gasteiger partial charge in [-0.2, -0.15) is 0 Å². The third kappa shape index (κ3) is 3.95. The van der Waals surface area contributed by atoms with Gasteiger partial charge in [-0.05, 0) is 43.1 Å². The first-order valence-electron chi connectivity index (χ1n) is 6.05. The van der Waals surface area contributed by atoms with Crippen molar-refractivity contribution < 1.29 is 0 Å². The maximum atomic E-state index is 4.11. The first-order valence-corrected chi connectivity index (χ1v) is 6.87. The van der Waals surface area contributed by atoms with E-state index in [4.69, 9.17) is 0 Å². The van der Waals surface area contributed by atoms with E-state index in [1.165, 1.54) is 15.3 Å². The minimum absolute atomic E-state index is 0.977. The predicted molar refractivity (Wildman–Crippen MR) is 73.3 cm³/mol. The van der Waals surface area contributed by atoms with Crippen molar-refractivity contribution in [3.8, 4) is 0 Å². The van der Waals surface area contributed by atoms with Gasteiger partial charge in [0.25, 0.3) is 0 Å². The van der Waals surface area contributed by atoms with E-state index in [1.54, 1.807) is 0 Å². The predicted octanol–water partition coefficient (Wildman–Crippen LogP) is 3.04. The lowest BCUT2D eigenvalue weighted by atomic mass is 10.2. The van der Waals surface area contributed by atoms with E-state index in [2.05, 4.69) is 35.4 Å². The largest absolute Gasteiger partial charge is 0.312 e. The zero-order chi connectivity index (χ0) is 11.9. The third-order valence-corrected chi connectivity index (χ3v) is 3.91. The van der Waals surface area contributed by atoms with E-state index in [9.17, 15) is 0 Å². The Balaban J connectivity index is 1.69. The highest BCUT2D eigenvalue weighted by atomic mass is 32.1. The van der Waals surface area contributed by atoms with Gasteiger partial charge >= 0.3 is 0 Å². The first-order chi connectivity index (χ1) is 8.38. The van der Waals surface area contributed by atoms with Crippen LogP contribution in [0.4, 0.5) is 0 Å². The SMILES string of the molecule is CCc1ccc(CNCCc2cccnc2)s1. The third-order valence-electron chi connectivity index (χ3n) is 2.68. The molecule has 3 heteroatoms. The number of hydrogen-bond acceptors (Lipinski definition) is 3. The number of aromatic nitrogens is 1. The van der Waals surface area contributed by atoms with Crippen LogP contribution in [0.25, 0.3) is 0 Å². The molecule has 17 heavy (non-hydrogen) atoms. The first kappa shape index (κ1) is 12.3. The van der Waals surface area contributed by atoms with E-state index in [0.717, 1.165) is 25.9 Å². The van der Waals surface area contributed by atoms with Gasteiger partial charge in [-0.15, -0.1) is 11.3 Å². The molecule has 0 aliphatic heterocycles. The monoisotopic (exact) mass is 246 g/mol. The number of rotatable bonds is 6. The van der Waals surface area contributed by atoms with Gasteiger partial charge in [0, 0.05) is 28.7 Å². The molecule has 0 spiro atoms. The van der Waals surface area contributed by atoms with Crippen LogP contribution >= 0.6 is 11.3 Å².